The molecular weight excluding hydrogens is 259 g/mol. The van der Waals surface area contributed by atoms with E-state index in [2.05, 4.69) is 0 Å². The van der Waals surface area contributed by atoms with E-state index in [0.29, 0.717) is 43.8 Å². The van der Waals surface area contributed by atoms with Gasteiger partial charge >= 0.3 is 0 Å². The number of aryl methyl sites for hydroxylation is 1. The normalized spacial score (nSPS) is 29.8. The van der Waals surface area contributed by atoms with E-state index in [-0.39, 0.29) is 23.1 Å². The first-order chi connectivity index (χ1) is 9.60. The molecule has 0 radical (unpaired) electrons. The Morgan fingerprint density at radius 1 is 1.40 bits per heavy atom. The molecule has 0 amide bonds. The van der Waals surface area contributed by atoms with Crippen molar-refractivity contribution in [3.63, 3.8) is 0 Å². The Hall–Kier alpha value is -1.26. The summed E-state index contributed by atoms with van der Waals surface area (Å²) >= 11 is 0. The summed E-state index contributed by atoms with van der Waals surface area (Å²) in [5.41, 5.74) is 0.741. The van der Waals surface area contributed by atoms with Gasteiger partial charge in [0, 0.05) is 31.1 Å². The number of carbonyl (C=O) groups excluding carboxylic acids is 1. The molecule has 3 nitrogen and oxygen atoms in total. The van der Waals surface area contributed by atoms with Crippen molar-refractivity contribution in [2.75, 3.05) is 19.8 Å². The number of ether oxygens (including phenoxy) is 2. The maximum atomic E-state index is 13.6. The second-order valence-electron chi connectivity index (χ2n) is 5.85. The molecule has 0 N–H and O–H groups in total. The highest BCUT2D eigenvalue weighted by Gasteiger charge is 2.43. The van der Waals surface area contributed by atoms with Gasteiger partial charge in [0.15, 0.2) is 5.78 Å². The molecule has 0 aromatic heterocycles. The van der Waals surface area contributed by atoms with Gasteiger partial charge in [0.1, 0.15) is 5.82 Å². The van der Waals surface area contributed by atoms with E-state index < -0.39 is 0 Å². The molecule has 2 saturated heterocycles. The summed E-state index contributed by atoms with van der Waals surface area (Å²) < 4.78 is 24.8. The van der Waals surface area contributed by atoms with E-state index in [1.54, 1.807) is 19.1 Å². The SMILES string of the molecule is Cc1ccc(C(=O)C2CCOC3(CCOC3)C2)cc1F. The van der Waals surface area contributed by atoms with Crippen LogP contribution in [0.3, 0.4) is 0 Å². The number of benzene rings is 1. The first kappa shape index (κ1) is 13.7. The molecule has 0 aliphatic carbocycles. The molecule has 1 aromatic rings. The third-order valence-corrected chi connectivity index (χ3v) is 4.39. The standard InChI is InChI=1S/C16H19FO3/c1-11-2-3-12(8-14(11)17)15(18)13-4-6-20-16(9-13)5-7-19-10-16/h2-3,8,13H,4-7,9-10H2,1H3. The molecule has 2 aliphatic heterocycles. The van der Waals surface area contributed by atoms with Crippen LogP contribution in [0.5, 0.6) is 0 Å². The van der Waals surface area contributed by atoms with E-state index in [9.17, 15) is 9.18 Å². The molecule has 2 fully saturated rings. The van der Waals surface area contributed by atoms with Crippen LogP contribution in [0.25, 0.3) is 0 Å². The zero-order chi connectivity index (χ0) is 14.2. The summed E-state index contributed by atoms with van der Waals surface area (Å²) in [4.78, 5) is 12.5. The molecule has 3 rings (SSSR count). The number of carbonyl (C=O) groups is 1. The van der Waals surface area contributed by atoms with Gasteiger partial charge in [-0.05, 0) is 31.4 Å². The molecule has 2 aliphatic rings. The van der Waals surface area contributed by atoms with Crippen LogP contribution in [0.2, 0.25) is 0 Å². The monoisotopic (exact) mass is 278 g/mol. The van der Waals surface area contributed by atoms with Crippen LogP contribution < -0.4 is 0 Å². The zero-order valence-electron chi connectivity index (χ0n) is 11.7. The lowest BCUT2D eigenvalue weighted by Gasteiger charge is -2.36. The molecular formula is C16H19FO3. The fraction of sp³-hybridized carbons (Fsp3) is 0.562. The van der Waals surface area contributed by atoms with E-state index >= 15 is 0 Å². The summed E-state index contributed by atoms with van der Waals surface area (Å²) in [5, 5.41) is 0. The lowest BCUT2D eigenvalue weighted by Crippen LogP contribution is -2.42. The van der Waals surface area contributed by atoms with Crippen LogP contribution in [0.1, 0.15) is 35.2 Å². The van der Waals surface area contributed by atoms with E-state index in [1.807, 2.05) is 0 Å². The largest absolute Gasteiger partial charge is 0.378 e. The fourth-order valence-corrected chi connectivity index (χ4v) is 3.10. The van der Waals surface area contributed by atoms with Crippen molar-refractivity contribution >= 4 is 5.78 Å². The minimum absolute atomic E-state index is 0.0264. The summed E-state index contributed by atoms with van der Waals surface area (Å²) in [6, 6.07) is 4.73. The van der Waals surface area contributed by atoms with Crippen molar-refractivity contribution in [1.29, 1.82) is 0 Å². The second-order valence-corrected chi connectivity index (χ2v) is 5.85. The second kappa shape index (κ2) is 5.26. The van der Waals surface area contributed by atoms with Crippen LogP contribution in [0, 0.1) is 18.7 Å². The van der Waals surface area contributed by atoms with Crippen LogP contribution in [0.4, 0.5) is 4.39 Å². The van der Waals surface area contributed by atoms with Crippen LogP contribution in [0.15, 0.2) is 18.2 Å². The lowest BCUT2D eigenvalue weighted by molar-refractivity contribution is -0.0920. The highest BCUT2D eigenvalue weighted by Crippen LogP contribution is 2.37. The number of ketones is 1. The number of hydrogen-bond donors (Lipinski definition) is 0. The Morgan fingerprint density at radius 3 is 2.95 bits per heavy atom. The van der Waals surface area contributed by atoms with Crippen molar-refractivity contribution in [1.82, 2.24) is 0 Å². The quantitative estimate of drug-likeness (QED) is 0.780. The van der Waals surface area contributed by atoms with Crippen LogP contribution in [-0.4, -0.2) is 31.2 Å². The minimum atomic E-state index is -0.318. The predicted octanol–water partition coefficient (Wildman–Crippen LogP) is 2.90. The smallest absolute Gasteiger partial charge is 0.166 e. The van der Waals surface area contributed by atoms with Crippen LogP contribution in [-0.2, 0) is 9.47 Å². The molecule has 108 valence electrons. The highest BCUT2D eigenvalue weighted by molar-refractivity contribution is 5.98. The van der Waals surface area contributed by atoms with Gasteiger partial charge in [0.25, 0.3) is 0 Å². The average Bonchev–Trinajstić information content (AvgIpc) is 2.89. The molecule has 2 unspecified atom stereocenters. The predicted molar refractivity (Wildman–Crippen MR) is 72.3 cm³/mol. The minimum Gasteiger partial charge on any atom is -0.378 e. The molecule has 1 aromatic carbocycles. The third kappa shape index (κ3) is 2.50. The molecule has 20 heavy (non-hydrogen) atoms. The Bertz CT molecular complexity index is 520. The van der Waals surface area contributed by atoms with E-state index in [1.165, 1.54) is 6.07 Å². The average molecular weight is 278 g/mol. The molecule has 0 saturated carbocycles. The van der Waals surface area contributed by atoms with Crippen molar-refractivity contribution in [2.24, 2.45) is 5.92 Å². The first-order valence-electron chi connectivity index (χ1n) is 7.12. The van der Waals surface area contributed by atoms with Gasteiger partial charge in [0.05, 0.1) is 12.2 Å². The fourth-order valence-electron chi connectivity index (χ4n) is 3.10. The maximum Gasteiger partial charge on any atom is 0.166 e. The highest BCUT2D eigenvalue weighted by atomic mass is 19.1. The van der Waals surface area contributed by atoms with Gasteiger partial charge in [-0.1, -0.05) is 12.1 Å². The molecule has 2 heterocycles. The van der Waals surface area contributed by atoms with Crippen LogP contribution >= 0.6 is 0 Å². The number of hydrogen-bond acceptors (Lipinski definition) is 3. The Kier molecular flexibility index (Phi) is 3.61. The van der Waals surface area contributed by atoms with Crippen molar-refractivity contribution in [2.45, 2.75) is 31.8 Å². The summed E-state index contributed by atoms with van der Waals surface area (Å²) in [7, 11) is 0. The van der Waals surface area contributed by atoms with E-state index in [0.717, 1.165) is 6.42 Å². The van der Waals surface area contributed by atoms with Gasteiger partial charge in [-0.25, -0.2) is 4.39 Å². The Labute approximate surface area is 118 Å². The van der Waals surface area contributed by atoms with Crippen molar-refractivity contribution < 1.29 is 18.7 Å². The molecule has 0 bridgehead atoms. The number of rotatable bonds is 2. The van der Waals surface area contributed by atoms with Gasteiger partial charge < -0.3 is 9.47 Å². The zero-order valence-corrected chi connectivity index (χ0v) is 11.7. The lowest BCUT2D eigenvalue weighted by atomic mass is 9.81. The van der Waals surface area contributed by atoms with E-state index in [4.69, 9.17) is 9.47 Å². The van der Waals surface area contributed by atoms with Crippen molar-refractivity contribution in [3.8, 4) is 0 Å². The summed E-state index contributed by atoms with van der Waals surface area (Å²) in [6.45, 7) is 3.54. The van der Waals surface area contributed by atoms with Gasteiger partial charge in [0.2, 0.25) is 0 Å². The first-order valence-corrected chi connectivity index (χ1v) is 7.12. The summed E-state index contributed by atoms with van der Waals surface area (Å²) in [5.74, 6) is -0.382. The number of Topliss-reactive ketones (excluding diaryl/α,β-unsaturated/α-hetero) is 1. The molecule has 1 spiro atoms. The Balaban J connectivity index is 1.77. The van der Waals surface area contributed by atoms with Gasteiger partial charge in [-0.15, -0.1) is 0 Å². The van der Waals surface area contributed by atoms with Gasteiger partial charge in [-0.3, -0.25) is 4.79 Å². The molecule has 2 atom stereocenters. The maximum absolute atomic E-state index is 13.6. The Morgan fingerprint density at radius 2 is 2.25 bits per heavy atom. The number of halogens is 1. The molecule has 4 heteroatoms. The van der Waals surface area contributed by atoms with Gasteiger partial charge in [-0.2, -0.15) is 0 Å². The summed E-state index contributed by atoms with van der Waals surface area (Å²) in [6.07, 6.45) is 2.23. The van der Waals surface area contributed by atoms with Crippen molar-refractivity contribution in [3.05, 3.63) is 35.1 Å². The topological polar surface area (TPSA) is 35.5 Å². The third-order valence-electron chi connectivity index (χ3n) is 4.39.